The summed E-state index contributed by atoms with van der Waals surface area (Å²) in [4.78, 5) is 29.0. The molecule has 0 radical (unpaired) electrons. The van der Waals surface area contributed by atoms with Crippen molar-refractivity contribution in [2.24, 2.45) is 16.5 Å². The monoisotopic (exact) mass is 480 g/mol. The first-order valence-corrected chi connectivity index (χ1v) is 10.7. The number of benzene rings is 1. The molecule has 34 heavy (non-hydrogen) atoms. The second-order valence-electron chi connectivity index (χ2n) is 8.95. The molecule has 0 aromatic heterocycles. The Balaban J connectivity index is 1.51. The van der Waals surface area contributed by atoms with Crippen LogP contribution in [0.3, 0.4) is 0 Å². The molecule has 1 saturated heterocycles. The zero-order chi connectivity index (χ0) is 24.6. The van der Waals surface area contributed by atoms with Gasteiger partial charge in [0.25, 0.3) is 11.8 Å². The normalized spacial score (nSPS) is 32.5. The van der Waals surface area contributed by atoms with Gasteiger partial charge in [-0.2, -0.15) is 0 Å². The van der Waals surface area contributed by atoms with Gasteiger partial charge >= 0.3 is 11.9 Å². The van der Waals surface area contributed by atoms with Crippen LogP contribution in [-0.4, -0.2) is 79.8 Å². The molecule has 14 heteroatoms. The van der Waals surface area contributed by atoms with Crippen LogP contribution >= 0.6 is 0 Å². The van der Waals surface area contributed by atoms with Gasteiger partial charge in [-0.15, -0.1) is 0 Å². The Kier molecular flexibility index (Phi) is 4.58. The number of carboxylic acids is 1. The number of aliphatic hydroxyl groups is 2. The molecule has 4 aliphatic rings. The Hall–Kier alpha value is -3.52. The van der Waals surface area contributed by atoms with Crippen molar-refractivity contribution in [1.82, 2.24) is 16.0 Å². The quantitative estimate of drug-likeness (QED) is 0.167. The lowest BCUT2D eigenvalue weighted by Crippen LogP contribution is -2.79. The molecule has 1 aromatic rings. The summed E-state index contributed by atoms with van der Waals surface area (Å²) in [6.45, 7) is -0.263. The van der Waals surface area contributed by atoms with Crippen molar-refractivity contribution in [3.63, 3.8) is 0 Å². The van der Waals surface area contributed by atoms with E-state index in [0.29, 0.717) is 0 Å². The van der Waals surface area contributed by atoms with Crippen LogP contribution in [0.2, 0.25) is 0 Å². The number of halogens is 2. The summed E-state index contributed by atoms with van der Waals surface area (Å²) in [6, 6.07) is -0.150. The van der Waals surface area contributed by atoms with Crippen molar-refractivity contribution in [2.45, 2.75) is 54.8 Å². The lowest BCUT2D eigenvalue weighted by Gasteiger charge is -2.42. The fraction of sp³-hybridized carbons (Fsp3) is 0.500. The fourth-order valence-electron chi connectivity index (χ4n) is 5.53. The third-order valence-corrected chi connectivity index (χ3v) is 7.08. The van der Waals surface area contributed by atoms with E-state index in [0.717, 1.165) is 0 Å². The molecule has 1 amide bonds. The van der Waals surface area contributed by atoms with Crippen molar-refractivity contribution in [1.29, 1.82) is 0 Å². The van der Waals surface area contributed by atoms with Crippen LogP contribution < -0.4 is 27.4 Å². The first-order chi connectivity index (χ1) is 15.9. The fourth-order valence-corrected chi connectivity index (χ4v) is 5.53. The number of amides is 1. The first-order valence-electron chi connectivity index (χ1n) is 10.7. The number of nitrogens with two attached hydrogens (primary N) is 2. The van der Waals surface area contributed by atoms with Gasteiger partial charge in [-0.3, -0.25) is 15.8 Å². The Morgan fingerprint density at radius 1 is 1.26 bits per heavy atom. The maximum Gasteiger partial charge on any atom is 0.346 e. The number of hydrogen-bond acceptors (Lipinski definition) is 9. The van der Waals surface area contributed by atoms with E-state index in [9.17, 15) is 33.7 Å². The van der Waals surface area contributed by atoms with E-state index in [-0.39, 0.29) is 54.4 Å². The molecule has 3 heterocycles. The van der Waals surface area contributed by atoms with E-state index in [2.05, 4.69) is 20.9 Å². The second kappa shape index (κ2) is 6.99. The molecule has 1 aromatic carbocycles. The highest BCUT2D eigenvalue weighted by molar-refractivity contribution is 5.96. The molecule has 182 valence electrons. The molecule has 5 rings (SSSR count). The van der Waals surface area contributed by atoms with Crippen LogP contribution in [0.15, 0.2) is 23.2 Å². The number of rotatable bonds is 3. The molecule has 10 N–H and O–H groups in total. The molecule has 0 bridgehead atoms. The highest BCUT2D eigenvalue weighted by atomic mass is 19.3. The predicted molar refractivity (Wildman–Crippen MR) is 112 cm³/mol. The van der Waals surface area contributed by atoms with Crippen LogP contribution in [0.25, 0.3) is 0 Å². The highest BCUT2D eigenvalue weighted by Crippen LogP contribution is 2.43. The summed E-state index contributed by atoms with van der Waals surface area (Å²) in [6.07, 6.45) is 0.158. The Bertz CT molecular complexity index is 1170. The van der Waals surface area contributed by atoms with Gasteiger partial charge in [0.05, 0.1) is 6.54 Å². The summed E-state index contributed by atoms with van der Waals surface area (Å²) in [5.41, 5.74) is 9.77. The minimum Gasteiger partial charge on any atom is -0.479 e. The molecule has 1 spiro atoms. The summed E-state index contributed by atoms with van der Waals surface area (Å²) >= 11 is 0. The number of carbonyl (C=O) groups is 2. The van der Waals surface area contributed by atoms with Crippen LogP contribution in [-0.2, 0) is 17.1 Å². The zero-order valence-electron chi connectivity index (χ0n) is 17.8. The molecule has 1 aliphatic carbocycles. The Labute approximate surface area is 191 Å². The lowest BCUT2D eigenvalue weighted by atomic mass is 9.84. The number of hydrogen-bond donors (Lipinski definition) is 8. The van der Waals surface area contributed by atoms with Gasteiger partial charge in [-0.1, -0.05) is 12.1 Å². The predicted octanol–water partition coefficient (Wildman–Crippen LogP) is -2.73. The first kappa shape index (κ1) is 22.3. The van der Waals surface area contributed by atoms with E-state index < -0.39 is 47.4 Å². The Morgan fingerprint density at radius 2 is 2.00 bits per heavy atom. The van der Waals surface area contributed by atoms with Gasteiger partial charge in [0.2, 0.25) is 11.4 Å². The number of fused-ring (bicyclic) bond motifs is 1. The van der Waals surface area contributed by atoms with Crippen LogP contribution in [0, 0.1) is 0 Å². The molecule has 3 aliphatic heterocycles. The number of aliphatic carboxylic acids is 1. The zero-order valence-corrected chi connectivity index (χ0v) is 17.8. The van der Waals surface area contributed by atoms with Gasteiger partial charge in [0.15, 0.2) is 18.0 Å². The summed E-state index contributed by atoms with van der Waals surface area (Å²) < 4.78 is 30.0. The molecule has 12 nitrogen and oxygen atoms in total. The largest absolute Gasteiger partial charge is 0.479 e. The standard InChI is InChI=1S/C20H23F2N7O5/c21-18(22)6-2-4-8-9(3-1-5-10(8)18)14(30)25-11-7-29-17(24)26-12(15(31)32)13-19(29,20(11,33)34)28-16(23)27-13/h1,3,5,11-13,33-34H,2,4,6-7H2,(H7,23,24,25,26,27,28,30,31,32)/p+1/t11-,12?,13-,19-/m0/s1. The number of guanidine groups is 2. The van der Waals surface area contributed by atoms with Gasteiger partial charge in [-0.25, -0.2) is 23.1 Å². The smallest absolute Gasteiger partial charge is 0.346 e. The van der Waals surface area contributed by atoms with Crippen molar-refractivity contribution in [2.75, 3.05) is 6.54 Å². The SMILES string of the molecule is NC1=N[C@H]2C(C(=O)O)NC(N)=[N+]3C[C@H](NC(=O)c4cccc5c4CCCC5(F)F)C(O)(O)[C@]23N1. The minimum atomic E-state index is -3.06. The Morgan fingerprint density at radius 3 is 2.71 bits per heavy atom. The maximum absolute atomic E-state index is 14.4. The molecular formula is C20H24F2N7O5+. The van der Waals surface area contributed by atoms with Crippen molar-refractivity contribution >= 4 is 23.8 Å². The van der Waals surface area contributed by atoms with Crippen LogP contribution in [0.1, 0.15) is 34.3 Å². The highest BCUT2D eigenvalue weighted by Gasteiger charge is 2.76. The number of carbonyl (C=O) groups excluding carboxylic acids is 1. The van der Waals surface area contributed by atoms with Crippen LogP contribution in [0.4, 0.5) is 8.78 Å². The van der Waals surface area contributed by atoms with Crippen molar-refractivity contribution < 1.29 is 38.3 Å². The average molecular weight is 480 g/mol. The molecule has 4 atom stereocenters. The lowest BCUT2D eigenvalue weighted by molar-refractivity contribution is -0.622. The maximum atomic E-state index is 14.4. The van der Waals surface area contributed by atoms with E-state index >= 15 is 0 Å². The number of nitrogens with one attached hydrogen (secondary N) is 3. The van der Waals surface area contributed by atoms with E-state index in [1.165, 1.54) is 22.8 Å². The summed E-state index contributed by atoms with van der Waals surface area (Å²) in [5, 5.41) is 39.8. The second-order valence-corrected chi connectivity index (χ2v) is 8.95. The molecule has 1 fully saturated rings. The topological polar surface area (TPSA) is 198 Å². The average Bonchev–Trinajstić information content (AvgIpc) is 3.22. The van der Waals surface area contributed by atoms with Crippen LogP contribution in [0.5, 0.6) is 0 Å². The number of aliphatic imine (C=N–C) groups is 1. The number of carboxylic acid groups (broad SMARTS) is 1. The van der Waals surface area contributed by atoms with E-state index in [1.807, 2.05) is 0 Å². The molecule has 0 saturated carbocycles. The summed E-state index contributed by atoms with van der Waals surface area (Å²) in [7, 11) is 0. The third kappa shape index (κ3) is 2.81. The van der Waals surface area contributed by atoms with E-state index in [1.54, 1.807) is 0 Å². The van der Waals surface area contributed by atoms with E-state index in [4.69, 9.17) is 11.5 Å². The van der Waals surface area contributed by atoms with Gasteiger partial charge in [0, 0.05) is 17.5 Å². The third-order valence-electron chi connectivity index (χ3n) is 7.08. The van der Waals surface area contributed by atoms with Crippen molar-refractivity contribution in [3.8, 4) is 0 Å². The van der Waals surface area contributed by atoms with Crippen molar-refractivity contribution in [3.05, 3.63) is 34.9 Å². The number of nitrogens with zero attached hydrogens (tertiary/aromatic N) is 2. The van der Waals surface area contributed by atoms with Gasteiger partial charge in [-0.05, 0) is 24.5 Å². The number of alkyl halides is 2. The molecular weight excluding hydrogens is 456 g/mol. The van der Waals surface area contributed by atoms with Gasteiger partial charge < -0.3 is 31.7 Å². The summed E-state index contributed by atoms with van der Waals surface area (Å²) in [5.74, 6) is -8.44. The molecule has 1 unspecified atom stereocenters. The van der Waals surface area contributed by atoms with Gasteiger partial charge in [0.1, 0.15) is 6.04 Å². The minimum absolute atomic E-state index is 0.000214.